The molecule has 0 bridgehead atoms. The van der Waals surface area contributed by atoms with Gasteiger partial charge in [0.1, 0.15) is 6.04 Å². The Labute approximate surface area is 112 Å². The fraction of sp³-hybridized carbons (Fsp3) is 0.429. The van der Waals surface area contributed by atoms with Crippen molar-refractivity contribution in [1.82, 2.24) is 0 Å². The highest BCUT2D eigenvalue weighted by atomic mass is 16.4. The quantitative estimate of drug-likeness (QED) is 0.859. The molecule has 102 valence electrons. The van der Waals surface area contributed by atoms with E-state index in [4.69, 9.17) is 10.8 Å². The van der Waals surface area contributed by atoms with Gasteiger partial charge in [0.2, 0.25) is 5.91 Å². The van der Waals surface area contributed by atoms with Crippen molar-refractivity contribution in [2.45, 2.75) is 32.2 Å². The van der Waals surface area contributed by atoms with Gasteiger partial charge in [-0.05, 0) is 43.0 Å². The fourth-order valence-corrected chi connectivity index (χ4v) is 2.66. The van der Waals surface area contributed by atoms with Crippen molar-refractivity contribution >= 4 is 17.6 Å². The Hall–Kier alpha value is -2.04. The number of nitrogens with zero attached hydrogens (tertiary/aromatic N) is 1. The van der Waals surface area contributed by atoms with Crippen molar-refractivity contribution < 1.29 is 14.7 Å². The Morgan fingerprint density at radius 2 is 2.21 bits per heavy atom. The van der Waals surface area contributed by atoms with Gasteiger partial charge in [-0.3, -0.25) is 4.79 Å². The minimum atomic E-state index is -0.929. The molecule has 0 radical (unpaired) electrons. The predicted octanol–water partition coefficient (Wildman–Crippen LogP) is 1.40. The van der Waals surface area contributed by atoms with Gasteiger partial charge >= 0.3 is 5.97 Å². The van der Waals surface area contributed by atoms with E-state index in [0.717, 1.165) is 30.6 Å². The lowest BCUT2D eigenvalue weighted by Gasteiger charge is -2.36. The minimum Gasteiger partial charge on any atom is -0.478 e. The zero-order valence-corrected chi connectivity index (χ0v) is 10.9. The van der Waals surface area contributed by atoms with Crippen LogP contribution in [-0.4, -0.2) is 29.6 Å². The molecule has 5 nitrogen and oxygen atoms in total. The van der Waals surface area contributed by atoms with Crippen LogP contribution >= 0.6 is 0 Å². The average molecular weight is 262 g/mol. The molecule has 1 aromatic carbocycles. The lowest BCUT2D eigenvalue weighted by Crippen LogP contribution is -2.46. The number of carbonyl (C=O) groups excluding carboxylic acids is 1. The van der Waals surface area contributed by atoms with Crippen LogP contribution in [0.25, 0.3) is 0 Å². The van der Waals surface area contributed by atoms with E-state index in [2.05, 4.69) is 0 Å². The van der Waals surface area contributed by atoms with Crippen LogP contribution in [0.1, 0.15) is 35.7 Å². The number of hydrogen-bond donors (Lipinski definition) is 2. The van der Waals surface area contributed by atoms with E-state index in [1.807, 2.05) is 11.8 Å². The summed E-state index contributed by atoms with van der Waals surface area (Å²) in [6.07, 6.45) is 2.39. The van der Waals surface area contributed by atoms with E-state index in [-0.39, 0.29) is 17.5 Å². The van der Waals surface area contributed by atoms with E-state index < -0.39 is 5.97 Å². The summed E-state index contributed by atoms with van der Waals surface area (Å²) in [6.45, 7) is 2.70. The zero-order valence-electron chi connectivity index (χ0n) is 10.9. The number of fused-ring (bicyclic) bond motifs is 1. The molecule has 0 aliphatic carbocycles. The summed E-state index contributed by atoms with van der Waals surface area (Å²) in [6, 6.07) is 4.73. The Morgan fingerprint density at radius 1 is 1.47 bits per heavy atom. The summed E-state index contributed by atoms with van der Waals surface area (Å²) in [5.74, 6) is -1.26. The van der Waals surface area contributed by atoms with Crippen molar-refractivity contribution in [1.29, 1.82) is 0 Å². The lowest BCUT2D eigenvalue weighted by molar-refractivity contribution is -0.119. The largest absolute Gasteiger partial charge is 0.478 e. The van der Waals surface area contributed by atoms with Gasteiger partial charge in [0.05, 0.1) is 5.56 Å². The van der Waals surface area contributed by atoms with Gasteiger partial charge in [-0.25, -0.2) is 4.79 Å². The SMILES string of the molecule is CCC(C(N)=O)N1CCCc2cc(C(=O)O)ccc21. The van der Waals surface area contributed by atoms with Gasteiger partial charge in [0.15, 0.2) is 0 Å². The summed E-state index contributed by atoms with van der Waals surface area (Å²) in [4.78, 5) is 24.5. The number of benzene rings is 1. The topological polar surface area (TPSA) is 83.6 Å². The number of nitrogens with two attached hydrogens (primary N) is 1. The summed E-state index contributed by atoms with van der Waals surface area (Å²) < 4.78 is 0. The zero-order chi connectivity index (χ0) is 14.0. The van der Waals surface area contributed by atoms with Crippen LogP contribution in [0, 0.1) is 0 Å². The maximum atomic E-state index is 11.5. The van der Waals surface area contributed by atoms with Gasteiger partial charge in [-0.1, -0.05) is 6.92 Å². The van der Waals surface area contributed by atoms with Gasteiger partial charge in [-0.2, -0.15) is 0 Å². The fourth-order valence-electron chi connectivity index (χ4n) is 2.66. The number of primary amides is 1. The van der Waals surface area contributed by atoms with E-state index in [0.29, 0.717) is 6.42 Å². The number of carboxylic acid groups (broad SMARTS) is 1. The molecule has 2 rings (SSSR count). The number of aryl methyl sites for hydroxylation is 1. The molecule has 1 unspecified atom stereocenters. The summed E-state index contributed by atoms with van der Waals surface area (Å²) in [5.41, 5.74) is 7.63. The van der Waals surface area contributed by atoms with E-state index in [9.17, 15) is 9.59 Å². The molecule has 0 saturated carbocycles. The number of aromatic carboxylic acids is 1. The molecule has 0 aromatic heterocycles. The van der Waals surface area contributed by atoms with Gasteiger partial charge in [0.25, 0.3) is 0 Å². The standard InChI is InChI=1S/C14H18N2O3/c1-2-11(13(15)17)16-7-3-4-9-8-10(14(18)19)5-6-12(9)16/h5-6,8,11H,2-4,7H2,1H3,(H2,15,17)(H,18,19). The molecule has 0 saturated heterocycles. The molecule has 5 heteroatoms. The van der Waals surface area contributed by atoms with E-state index in [1.54, 1.807) is 18.2 Å². The maximum absolute atomic E-state index is 11.5. The molecular weight excluding hydrogens is 244 g/mol. The van der Waals surface area contributed by atoms with Crippen LogP contribution in [0.3, 0.4) is 0 Å². The highest BCUT2D eigenvalue weighted by Crippen LogP contribution is 2.30. The third-order valence-corrected chi connectivity index (χ3v) is 3.57. The van der Waals surface area contributed by atoms with Crippen LogP contribution in [0.4, 0.5) is 5.69 Å². The number of rotatable bonds is 4. The van der Waals surface area contributed by atoms with Crippen LogP contribution in [0.2, 0.25) is 0 Å². The van der Waals surface area contributed by atoms with Gasteiger partial charge in [0, 0.05) is 12.2 Å². The highest BCUT2D eigenvalue weighted by molar-refractivity contribution is 5.89. The number of amides is 1. The van der Waals surface area contributed by atoms with Crippen LogP contribution in [0.5, 0.6) is 0 Å². The maximum Gasteiger partial charge on any atom is 0.335 e. The molecule has 3 N–H and O–H groups in total. The normalized spacial score (nSPS) is 15.7. The summed E-state index contributed by atoms with van der Waals surface area (Å²) in [7, 11) is 0. The smallest absolute Gasteiger partial charge is 0.335 e. The first kappa shape index (κ1) is 13.4. The van der Waals surface area contributed by atoms with Crippen LogP contribution in [-0.2, 0) is 11.2 Å². The average Bonchev–Trinajstić information content (AvgIpc) is 2.38. The Kier molecular flexibility index (Phi) is 3.74. The van der Waals surface area contributed by atoms with Gasteiger partial charge < -0.3 is 15.7 Å². The Balaban J connectivity index is 2.39. The molecule has 1 amide bonds. The van der Waals surface area contributed by atoms with E-state index >= 15 is 0 Å². The molecular formula is C14H18N2O3. The van der Waals surface area contributed by atoms with Crippen molar-refractivity contribution in [2.24, 2.45) is 5.73 Å². The Bertz CT molecular complexity index is 513. The third-order valence-electron chi connectivity index (χ3n) is 3.57. The first-order valence-electron chi connectivity index (χ1n) is 6.46. The third kappa shape index (κ3) is 2.54. The lowest BCUT2D eigenvalue weighted by atomic mass is 9.97. The number of hydrogen-bond acceptors (Lipinski definition) is 3. The number of anilines is 1. The second-order valence-electron chi connectivity index (χ2n) is 4.77. The van der Waals surface area contributed by atoms with Crippen molar-refractivity contribution in [3.05, 3.63) is 29.3 Å². The molecule has 0 fully saturated rings. The molecule has 1 aliphatic heterocycles. The molecule has 1 aromatic rings. The summed E-state index contributed by atoms with van der Waals surface area (Å²) >= 11 is 0. The van der Waals surface area contributed by atoms with Gasteiger partial charge in [-0.15, -0.1) is 0 Å². The van der Waals surface area contributed by atoms with Crippen LogP contribution in [0.15, 0.2) is 18.2 Å². The Morgan fingerprint density at radius 3 is 2.79 bits per heavy atom. The van der Waals surface area contributed by atoms with Crippen molar-refractivity contribution in [3.63, 3.8) is 0 Å². The van der Waals surface area contributed by atoms with E-state index in [1.165, 1.54) is 0 Å². The van der Waals surface area contributed by atoms with Crippen molar-refractivity contribution in [2.75, 3.05) is 11.4 Å². The first-order valence-corrected chi connectivity index (χ1v) is 6.46. The molecule has 1 aliphatic rings. The summed E-state index contributed by atoms with van der Waals surface area (Å²) in [5, 5.41) is 9.01. The highest BCUT2D eigenvalue weighted by Gasteiger charge is 2.27. The second-order valence-corrected chi connectivity index (χ2v) is 4.77. The molecule has 0 spiro atoms. The molecule has 1 heterocycles. The molecule has 1 atom stereocenters. The first-order chi connectivity index (χ1) is 9.04. The monoisotopic (exact) mass is 262 g/mol. The number of carboxylic acids is 1. The predicted molar refractivity (Wildman–Crippen MR) is 72.3 cm³/mol. The number of carbonyl (C=O) groups is 2. The second kappa shape index (κ2) is 5.30. The molecule has 19 heavy (non-hydrogen) atoms. The van der Waals surface area contributed by atoms with Crippen LogP contribution < -0.4 is 10.6 Å². The minimum absolute atomic E-state index is 0.285. The van der Waals surface area contributed by atoms with Crippen molar-refractivity contribution in [3.8, 4) is 0 Å².